The van der Waals surface area contributed by atoms with Crippen molar-refractivity contribution in [3.05, 3.63) is 94.8 Å². The van der Waals surface area contributed by atoms with Gasteiger partial charge in [-0.2, -0.15) is 19.4 Å². The van der Waals surface area contributed by atoms with Crippen molar-refractivity contribution < 1.29 is 31.8 Å². The van der Waals surface area contributed by atoms with Gasteiger partial charge >= 0.3 is 6.09 Å². The fourth-order valence-corrected chi connectivity index (χ4v) is 6.78. The van der Waals surface area contributed by atoms with E-state index in [0.717, 1.165) is 38.2 Å². The number of carbonyl (C=O) groups is 1. The number of carbonyl (C=O) groups excluding carboxylic acids is 1. The van der Waals surface area contributed by atoms with E-state index in [9.17, 15) is 22.9 Å². The largest absolute Gasteiger partial charge is 0.497 e. The van der Waals surface area contributed by atoms with Gasteiger partial charge in [-0.25, -0.2) is 26.9 Å². The van der Waals surface area contributed by atoms with Crippen LogP contribution in [0.15, 0.2) is 72.1 Å². The van der Waals surface area contributed by atoms with Crippen LogP contribution in [0.2, 0.25) is 5.02 Å². The van der Waals surface area contributed by atoms with Gasteiger partial charge in [0, 0.05) is 34.9 Å². The Morgan fingerprint density at radius 2 is 1.92 bits per heavy atom. The molecular weight excluding hydrogens is 683 g/mol. The van der Waals surface area contributed by atoms with Crippen molar-refractivity contribution in [2.45, 2.75) is 44.7 Å². The molecule has 16 heteroatoms. The molecule has 0 N–H and O–H groups in total. The van der Waals surface area contributed by atoms with Gasteiger partial charge in [-0.15, -0.1) is 0 Å². The first-order valence-electron chi connectivity index (χ1n) is 14.1. The molecule has 0 aliphatic heterocycles. The summed E-state index contributed by atoms with van der Waals surface area (Å²) in [5.41, 5.74) is 1.14. The van der Waals surface area contributed by atoms with Gasteiger partial charge in [0.2, 0.25) is 5.13 Å². The van der Waals surface area contributed by atoms with Crippen molar-refractivity contribution >= 4 is 44.4 Å². The molecule has 0 radical (unpaired) electrons. The number of aryl methyl sites for hydroxylation is 1. The first-order valence-corrected chi connectivity index (χ1v) is 16.7. The first-order chi connectivity index (χ1) is 22.7. The Morgan fingerprint density at radius 1 is 1.15 bits per heavy atom. The molecule has 0 unspecified atom stereocenters. The molecule has 0 amide bonds. The predicted molar refractivity (Wildman–Crippen MR) is 177 cm³/mol. The normalized spacial score (nSPS) is 11.5. The smallest absolute Gasteiger partial charge is 0.435 e. The SMILES string of the molecule is COc1ccc(CN(c2ncns2)S(=O)(=O)c2ccc(Oc3cc(F)c(Cl)cc3-c3cnn(C(=O)OC(C)(C)C)c3)c(C#N)c2)c(C)c1. The zero-order valence-electron chi connectivity index (χ0n) is 26.3. The van der Waals surface area contributed by atoms with Gasteiger partial charge in [-0.1, -0.05) is 17.7 Å². The van der Waals surface area contributed by atoms with E-state index in [-0.39, 0.29) is 44.2 Å². The van der Waals surface area contributed by atoms with Gasteiger partial charge < -0.3 is 14.2 Å². The minimum Gasteiger partial charge on any atom is -0.497 e. The lowest BCUT2D eigenvalue weighted by Gasteiger charge is -2.23. The Labute approximate surface area is 285 Å². The number of hydrogen-bond acceptors (Lipinski definition) is 11. The summed E-state index contributed by atoms with van der Waals surface area (Å²) in [4.78, 5) is 16.4. The molecule has 0 saturated carbocycles. The van der Waals surface area contributed by atoms with Crippen molar-refractivity contribution in [1.29, 1.82) is 5.26 Å². The van der Waals surface area contributed by atoms with Crippen molar-refractivity contribution in [2.24, 2.45) is 0 Å². The maximum Gasteiger partial charge on any atom is 0.435 e. The van der Waals surface area contributed by atoms with Crippen molar-refractivity contribution in [2.75, 3.05) is 11.4 Å². The van der Waals surface area contributed by atoms with Crippen LogP contribution in [0.25, 0.3) is 11.1 Å². The highest BCUT2D eigenvalue weighted by Gasteiger charge is 2.29. The van der Waals surface area contributed by atoms with Crippen LogP contribution in [0.4, 0.5) is 14.3 Å². The Hall–Kier alpha value is -5.04. The number of anilines is 1. The van der Waals surface area contributed by atoms with Gasteiger partial charge in [0.15, 0.2) is 0 Å². The van der Waals surface area contributed by atoms with E-state index < -0.39 is 27.5 Å². The summed E-state index contributed by atoms with van der Waals surface area (Å²) < 4.78 is 65.4. The molecule has 0 bridgehead atoms. The van der Waals surface area contributed by atoms with Crippen LogP contribution >= 0.6 is 23.1 Å². The van der Waals surface area contributed by atoms with Crippen molar-refractivity contribution in [3.63, 3.8) is 0 Å². The summed E-state index contributed by atoms with van der Waals surface area (Å²) in [5, 5.41) is 14.0. The predicted octanol–water partition coefficient (Wildman–Crippen LogP) is 7.35. The van der Waals surface area contributed by atoms with Crippen LogP contribution in [0.3, 0.4) is 0 Å². The van der Waals surface area contributed by atoms with Gasteiger partial charge in [0.1, 0.15) is 41.1 Å². The molecule has 5 rings (SSSR count). The van der Waals surface area contributed by atoms with Gasteiger partial charge in [0.05, 0.1) is 35.3 Å². The minimum absolute atomic E-state index is 0.0626. The van der Waals surface area contributed by atoms with E-state index in [0.29, 0.717) is 16.9 Å². The summed E-state index contributed by atoms with van der Waals surface area (Å²) in [7, 11) is -2.75. The maximum atomic E-state index is 14.7. The summed E-state index contributed by atoms with van der Waals surface area (Å²) in [6.07, 6.45) is 3.21. The molecule has 0 saturated heterocycles. The van der Waals surface area contributed by atoms with Crippen LogP contribution in [-0.2, 0) is 21.3 Å². The van der Waals surface area contributed by atoms with E-state index in [1.165, 1.54) is 44.0 Å². The number of hydrogen-bond donors (Lipinski definition) is 0. The quantitative estimate of drug-likeness (QED) is 0.152. The maximum absolute atomic E-state index is 14.7. The van der Waals surface area contributed by atoms with Crippen LogP contribution in [0.5, 0.6) is 17.2 Å². The van der Waals surface area contributed by atoms with Gasteiger partial charge in [-0.3, -0.25) is 0 Å². The Balaban J connectivity index is 1.49. The van der Waals surface area contributed by atoms with Crippen molar-refractivity contribution in [3.8, 4) is 34.4 Å². The second kappa shape index (κ2) is 13.6. The van der Waals surface area contributed by atoms with Crippen LogP contribution in [-0.4, -0.2) is 46.4 Å². The molecule has 248 valence electrons. The van der Waals surface area contributed by atoms with E-state index in [4.69, 9.17) is 25.8 Å². The molecule has 0 spiro atoms. The molecule has 12 nitrogen and oxygen atoms in total. The third-order valence-electron chi connectivity index (χ3n) is 6.80. The average Bonchev–Trinajstić information content (AvgIpc) is 3.74. The fourth-order valence-electron chi connectivity index (χ4n) is 4.46. The average molecular weight is 711 g/mol. The number of nitrogens with zero attached hydrogens (tertiary/aromatic N) is 6. The first kappa shape index (κ1) is 34.3. The van der Waals surface area contributed by atoms with E-state index in [1.807, 2.05) is 13.0 Å². The molecule has 2 heterocycles. The summed E-state index contributed by atoms with van der Waals surface area (Å²) in [5.74, 6) is -0.323. The Morgan fingerprint density at radius 3 is 2.56 bits per heavy atom. The standard InChI is InChI=1S/C32H28ClFN6O6S2/c1-19-10-23(44-5)7-6-20(19)17-40(30-36-18-38-47-30)48(42,43)24-8-9-28(21(11-24)14-35)45-29-13-27(34)26(33)12-25(29)22-15-37-39(16-22)31(41)46-32(2,3)4/h6-13,15-16,18H,17H2,1-5H3. The second-order valence-electron chi connectivity index (χ2n) is 11.3. The number of aromatic nitrogens is 4. The summed E-state index contributed by atoms with van der Waals surface area (Å²) >= 11 is 6.99. The summed E-state index contributed by atoms with van der Waals surface area (Å²) in [6.45, 7) is 6.89. The zero-order valence-corrected chi connectivity index (χ0v) is 28.7. The van der Waals surface area contributed by atoms with E-state index in [2.05, 4.69) is 14.5 Å². The minimum atomic E-state index is -4.29. The van der Waals surface area contributed by atoms with E-state index in [1.54, 1.807) is 39.0 Å². The van der Waals surface area contributed by atoms with Crippen molar-refractivity contribution in [1.82, 2.24) is 19.1 Å². The Bertz CT molecular complexity index is 2140. The lowest BCUT2D eigenvalue weighted by molar-refractivity contribution is 0.0514. The molecule has 48 heavy (non-hydrogen) atoms. The molecule has 0 fully saturated rings. The number of rotatable bonds is 9. The number of nitriles is 1. The molecule has 3 aromatic carbocycles. The third-order valence-corrected chi connectivity index (χ3v) is 9.63. The van der Waals surface area contributed by atoms with Gasteiger partial charge in [0.25, 0.3) is 10.0 Å². The van der Waals surface area contributed by atoms with Crippen LogP contribution in [0, 0.1) is 24.1 Å². The molecule has 0 aliphatic carbocycles. The van der Waals surface area contributed by atoms with Gasteiger partial charge in [-0.05, 0) is 75.2 Å². The molecular formula is C32H28ClFN6O6S2. The molecule has 5 aromatic rings. The van der Waals surface area contributed by atoms with E-state index >= 15 is 0 Å². The molecule has 2 aromatic heterocycles. The van der Waals surface area contributed by atoms with Crippen LogP contribution in [0.1, 0.15) is 37.5 Å². The topological polar surface area (TPSA) is 150 Å². The lowest BCUT2D eigenvalue weighted by Crippen LogP contribution is -2.31. The Kier molecular flexibility index (Phi) is 9.71. The third kappa shape index (κ3) is 7.41. The number of benzene rings is 3. The second-order valence-corrected chi connectivity index (χ2v) is 14.3. The lowest BCUT2D eigenvalue weighted by atomic mass is 10.1. The van der Waals surface area contributed by atoms with Crippen LogP contribution < -0.4 is 13.8 Å². The molecule has 0 atom stereocenters. The highest BCUT2D eigenvalue weighted by molar-refractivity contribution is 7.93. The number of sulfonamides is 1. The summed E-state index contributed by atoms with van der Waals surface area (Å²) in [6, 6.07) is 13.3. The number of methoxy groups -OCH3 is 1. The molecule has 0 aliphatic rings. The monoisotopic (exact) mass is 710 g/mol. The number of halogens is 2. The number of ether oxygens (including phenoxy) is 3. The highest BCUT2D eigenvalue weighted by atomic mass is 35.5. The fraction of sp³-hybridized carbons (Fsp3) is 0.219. The zero-order chi connectivity index (χ0) is 34.8. The highest BCUT2D eigenvalue weighted by Crippen LogP contribution is 2.39.